The van der Waals surface area contributed by atoms with Crippen molar-refractivity contribution in [2.45, 2.75) is 70.2 Å². The zero-order valence-corrected chi connectivity index (χ0v) is 11.1. The molecule has 0 aliphatic heterocycles. The standard InChI is InChI=1S/C13H26O.2CH4/c1-9(12(3,4)5)11(14)10(2)13(6,7)8;;/h9-10H,1-8H3;2*1H4/t9-,10-;;/m0../s1. The normalized spacial score (nSPS) is 15.5. The van der Waals surface area contributed by atoms with E-state index in [1.54, 1.807) is 0 Å². The Labute approximate surface area is 104 Å². The minimum absolute atomic E-state index is 0. The molecule has 1 nitrogen and oxygen atoms in total. The second-order valence-corrected chi connectivity index (χ2v) is 6.58. The molecule has 0 radical (unpaired) electrons. The van der Waals surface area contributed by atoms with Crippen molar-refractivity contribution < 1.29 is 4.79 Å². The Kier molecular flexibility index (Phi) is 8.42. The summed E-state index contributed by atoms with van der Waals surface area (Å²) in [5, 5.41) is 0. The van der Waals surface area contributed by atoms with E-state index in [1.165, 1.54) is 0 Å². The van der Waals surface area contributed by atoms with Crippen LogP contribution in [0.15, 0.2) is 0 Å². The van der Waals surface area contributed by atoms with Gasteiger partial charge in [-0.1, -0.05) is 70.2 Å². The lowest BCUT2D eigenvalue weighted by molar-refractivity contribution is -0.131. The summed E-state index contributed by atoms with van der Waals surface area (Å²) in [6.45, 7) is 16.9. The number of carbonyl (C=O) groups excluding carboxylic acids is 1. The maximum atomic E-state index is 12.1. The van der Waals surface area contributed by atoms with Crippen molar-refractivity contribution in [2.24, 2.45) is 22.7 Å². The van der Waals surface area contributed by atoms with Gasteiger partial charge >= 0.3 is 0 Å². The smallest absolute Gasteiger partial charge is 0.139 e. The average Bonchev–Trinajstić information content (AvgIpc) is 1.97. The van der Waals surface area contributed by atoms with Crippen LogP contribution in [0.1, 0.15) is 70.2 Å². The summed E-state index contributed by atoms with van der Waals surface area (Å²) in [6, 6.07) is 0. The van der Waals surface area contributed by atoms with Gasteiger partial charge in [-0.25, -0.2) is 0 Å². The predicted molar refractivity (Wildman–Crippen MR) is 75.7 cm³/mol. The van der Waals surface area contributed by atoms with Crippen LogP contribution in [-0.2, 0) is 4.79 Å². The molecule has 0 unspecified atom stereocenters. The quantitative estimate of drug-likeness (QED) is 0.638. The molecule has 0 spiro atoms. The summed E-state index contributed by atoms with van der Waals surface area (Å²) in [5.74, 6) is 0.665. The van der Waals surface area contributed by atoms with Crippen LogP contribution in [0.25, 0.3) is 0 Å². The maximum absolute atomic E-state index is 12.1. The van der Waals surface area contributed by atoms with Gasteiger partial charge in [0.15, 0.2) is 0 Å². The summed E-state index contributed by atoms with van der Waals surface area (Å²) >= 11 is 0. The molecule has 1 heteroatoms. The Bertz CT molecular complexity index is 180. The van der Waals surface area contributed by atoms with Gasteiger partial charge in [0.1, 0.15) is 5.78 Å². The minimum atomic E-state index is 0. The lowest BCUT2D eigenvalue weighted by atomic mass is 9.70. The fourth-order valence-electron chi connectivity index (χ4n) is 1.23. The van der Waals surface area contributed by atoms with Gasteiger partial charge in [-0.05, 0) is 10.8 Å². The van der Waals surface area contributed by atoms with E-state index in [-0.39, 0.29) is 37.5 Å². The summed E-state index contributed by atoms with van der Waals surface area (Å²) < 4.78 is 0. The van der Waals surface area contributed by atoms with Gasteiger partial charge in [-0.2, -0.15) is 0 Å². The predicted octanol–water partition coefficient (Wildman–Crippen LogP) is 5.19. The van der Waals surface area contributed by atoms with E-state index >= 15 is 0 Å². The molecule has 0 aromatic heterocycles. The first-order valence-corrected chi connectivity index (χ1v) is 5.51. The van der Waals surface area contributed by atoms with E-state index in [4.69, 9.17) is 0 Å². The Morgan fingerprint density at radius 2 is 0.938 bits per heavy atom. The van der Waals surface area contributed by atoms with E-state index in [0.717, 1.165) is 0 Å². The SMILES string of the molecule is C.C.C[C@@H](C(=O)[C@H](C)C(C)(C)C)C(C)(C)C. The summed E-state index contributed by atoms with van der Waals surface area (Å²) in [6.07, 6.45) is 0. The third kappa shape index (κ3) is 5.67. The van der Waals surface area contributed by atoms with Crippen molar-refractivity contribution in [1.82, 2.24) is 0 Å². The van der Waals surface area contributed by atoms with Crippen LogP contribution >= 0.6 is 0 Å². The molecule has 2 atom stereocenters. The minimum Gasteiger partial charge on any atom is -0.299 e. The summed E-state index contributed by atoms with van der Waals surface area (Å²) in [5.41, 5.74) is 0.160. The van der Waals surface area contributed by atoms with Gasteiger partial charge in [0.25, 0.3) is 0 Å². The van der Waals surface area contributed by atoms with Crippen LogP contribution < -0.4 is 0 Å². The Balaban J connectivity index is -0.000000845. The molecule has 0 rings (SSSR count). The molecular weight excluding hydrogens is 196 g/mol. The Hall–Kier alpha value is -0.330. The fraction of sp³-hybridized carbons (Fsp3) is 0.933. The highest BCUT2D eigenvalue weighted by atomic mass is 16.1. The zero-order valence-electron chi connectivity index (χ0n) is 11.1. The molecule has 0 saturated carbocycles. The van der Waals surface area contributed by atoms with Crippen molar-refractivity contribution in [2.75, 3.05) is 0 Å². The molecule has 0 aromatic rings. The molecule has 100 valence electrons. The molecule has 0 aliphatic rings. The van der Waals surface area contributed by atoms with Crippen molar-refractivity contribution in [1.29, 1.82) is 0 Å². The zero-order chi connectivity index (χ0) is 11.7. The van der Waals surface area contributed by atoms with Gasteiger partial charge in [0.2, 0.25) is 0 Å². The molecule has 0 bridgehead atoms. The van der Waals surface area contributed by atoms with Gasteiger partial charge in [-0.15, -0.1) is 0 Å². The van der Waals surface area contributed by atoms with Gasteiger partial charge in [-0.3, -0.25) is 4.79 Å². The number of carbonyl (C=O) groups is 1. The lowest BCUT2D eigenvalue weighted by Gasteiger charge is -2.33. The van der Waals surface area contributed by atoms with Crippen molar-refractivity contribution in [3.63, 3.8) is 0 Å². The Morgan fingerprint density at radius 1 is 0.750 bits per heavy atom. The third-order valence-electron chi connectivity index (χ3n) is 3.45. The highest BCUT2D eigenvalue weighted by molar-refractivity contribution is 5.84. The van der Waals surface area contributed by atoms with E-state index in [1.807, 2.05) is 13.8 Å². The van der Waals surface area contributed by atoms with E-state index in [0.29, 0.717) is 5.78 Å². The average molecular weight is 230 g/mol. The van der Waals surface area contributed by atoms with Crippen LogP contribution in [0.5, 0.6) is 0 Å². The van der Waals surface area contributed by atoms with Crippen LogP contribution in [0.2, 0.25) is 0 Å². The fourth-order valence-corrected chi connectivity index (χ4v) is 1.23. The monoisotopic (exact) mass is 230 g/mol. The Morgan fingerprint density at radius 3 is 1.06 bits per heavy atom. The van der Waals surface area contributed by atoms with Crippen molar-refractivity contribution >= 4 is 5.78 Å². The molecule has 0 fully saturated rings. The van der Waals surface area contributed by atoms with Crippen LogP contribution in [0, 0.1) is 22.7 Å². The first-order valence-electron chi connectivity index (χ1n) is 5.51. The van der Waals surface area contributed by atoms with E-state index in [9.17, 15) is 4.79 Å². The molecule has 0 heterocycles. The largest absolute Gasteiger partial charge is 0.299 e. The third-order valence-corrected chi connectivity index (χ3v) is 3.45. The summed E-state index contributed by atoms with van der Waals surface area (Å²) in [4.78, 5) is 12.1. The first-order chi connectivity index (χ1) is 5.98. The van der Waals surface area contributed by atoms with Gasteiger partial charge in [0.05, 0.1) is 0 Å². The van der Waals surface area contributed by atoms with Crippen LogP contribution in [0.4, 0.5) is 0 Å². The van der Waals surface area contributed by atoms with E-state index < -0.39 is 0 Å². The highest BCUT2D eigenvalue weighted by Crippen LogP contribution is 2.34. The highest BCUT2D eigenvalue weighted by Gasteiger charge is 2.34. The van der Waals surface area contributed by atoms with Crippen molar-refractivity contribution in [3.8, 4) is 0 Å². The molecule has 0 N–H and O–H groups in total. The van der Waals surface area contributed by atoms with Gasteiger partial charge in [0, 0.05) is 11.8 Å². The summed E-state index contributed by atoms with van der Waals surface area (Å²) in [7, 11) is 0. The van der Waals surface area contributed by atoms with Crippen molar-refractivity contribution in [3.05, 3.63) is 0 Å². The molecule has 0 aliphatic carbocycles. The molecule has 0 amide bonds. The lowest BCUT2D eigenvalue weighted by Crippen LogP contribution is -2.35. The maximum Gasteiger partial charge on any atom is 0.139 e. The molecular formula is C15H34O. The van der Waals surface area contributed by atoms with Crippen LogP contribution in [0.3, 0.4) is 0 Å². The molecule has 16 heavy (non-hydrogen) atoms. The second-order valence-electron chi connectivity index (χ2n) is 6.58. The number of hydrogen-bond donors (Lipinski definition) is 0. The number of hydrogen-bond acceptors (Lipinski definition) is 1. The number of rotatable bonds is 2. The molecule has 0 aromatic carbocycles. The number of ketones is 1. The van der Waals surface area contributed by atoms with E-state index in [2.05, 4.69) is 41.5 Å². The second kappa shape index (κ2) is 6.42. The van der Waals surface area contributed by atoms with Crippen LogP contribution in [-0.4, -0.2) is 5.78 Å². The first kappa shape index (κ1) is 21.0. The number of Topliss-reactive ketones (excluding diaryl/α,β-unsaturated/α-hetero) is 1. The van der Waals surface area contributed by atoms with Gasteiger partial charge < -0.3 is 0 Å². The topological polar surface area (TPSA) is 17.1 Å². The molecule has 0 saturated heterocycles.